The van der Waals surface area contributed by atoms with Crippen molar-refractivity contribution in [3.05, 3.63) is 18.0 Å². The number of aryl methyl sites for hydroxylation is 1. The lowest BCUT2D eigenvalue weighted by molar-refractivity contribution is -0.0312. The molecule has 0 aromatic carbocycles. The van der Waals surface area contributed by atoms with Crippen molar-refractivity contribution in [2.75, 3.05) is 19.6 Å². The Balaban J connectivity index is 1.44. The van der Waals surface area contributed by atoms with Gasteiger partial charge in [-0.25, -0.2) is 0 Å². The monoisotopic (exact) mass is 320 g/mol. The van der Waals surface area contributed by atoms with Crippen molar-refractivity contribution in [3.8, 4) is 0 Å². The van der Waals surface area contributed by atoms with Gasteiger partial charge in [-0.2, -0.15) is 5.10 Å². The van der Waals surface area contributed by atoms with Gasteiger partial charge in [0.25, 0.3) is 5.91 Å². The molecule has 1 amide bonds. The molecule has 23 heavy (non-hydrogen) atoms. The number of likely N-dealkylation sites (tertiary alicyclic amines) is 1. The van der Waals surface area contributed by atoms with Gasteiger partial charge < -0.3 is 15.3 Å². The van der Waals surface area contributed by atoms with Crippen molar-refractivity contribution in [1.82, 2.24) is 20.0 Å². The van der Waals surface area contributed by atoms with Crippen LogP contribution in [-0.4, -0.2) is 57.0 Å². The minimum absolute atomic E-state index is 0.0394. The largest absolute Gasteiger partial charge is 0.389 e. The molecule has 0 unspecified atom stereocenters. The average Bonchev–Trinajstić information content (AvgIpc) is 2.96. The second-order valence-electron chi connectivity index (χ2n) is 7.21. The van der Waals surface area contributed by atoms with Gasteiger partial charge in [-0.15, -0.1) is 0 Å². The highest BCUT2D eigenvalue weighted by atomic mass is 16.3. The van der Waals surface area contributed by atoms with E-state index in [1.165, 1.54) is 6.42 Å². The molecule has 0 atom stereocenters. The van der Waals surface area contributed by atoms with Crippen LogP contribution < -0.4 is 5.32 Å². The van der Waals surface area contributed by atoms with Gasteiger partial charge in [0.15, 0.2) is 0 Å². The van der Waals surface area contributed by atoms with Crippen LogP contribution in [0.5, 0.6) is 0 Å². The summed E-state index contributed by atoms with van der Waals surface area (Å²) in [7, 11) is 1.81. The summed E-state index contributed by atoms with van der Waals surface area (Å²) < 4.78 is 1.64. The number of hydrogen-bond donors (Lipinski definition) is 2. The Morgan fingerprint density at radius 2 is 2.04 bits per heavy atom. The highest BCUT2D eigenvalue weighted by Gasteiger charge is 2.32. The van der Waals surface area contributed by atoms with Crippen molar-refractivity contribution < 1.29 is 9.90 Å². The predicted molar refractivity (Wildman–Crippen MR) is 88.2 cm³/mol. The average molecular weight is 320 g/mol. The highest BCUT2D eigenvalue weighted by molar-refractivity contribution is 5.93. The zero-order valence-electron chi connectivity index (χ0n) is 14.0. The Morgan fingerprint density at radius 1 is 1.35 bits per heavy atom. The van der Waals surface area contributed by atoms with Crippen LogP contribution in [-0.2, 0) is 7.05 Å². The van der Waals surface area contributed by atoms with E-state index in [1.807, 2.05) is 7.05 Å². The first-order valence-electron chi connectivity index (χ1n) is 8.78. The van der Waals surface area contributed by atoms with Crippen molar-refractivity contribution in [3.63, 3.8) is 0 Å². The fraction of sp³-hybridized carbons (Fsp3) is 0.765. The lowest BCUT2D eigenvalue weighted by Crippen LogP contribution is -2.50. The minimum Gasteiger partial charge on any atom is -0.389 e. The lowest BCUT2D eigenvalue weighted by Gasteiger charge is -2.40. The summed E-state index contributed by atoms with van der Waals surface area (Å²) in [5.41, 5.74) is 0.135. The van der Waals surface area contributed by atoms with Crippen LogP contribution in [0.25, 0.3) is 0 Å². The summed E-state index contributed by atoms with van der Waals surface area (Å²) in [5.74, 6) is -0.0394. The third-order valence-corrected chi connectivity index (χ3v) is 5.19. The molecule has 0 radical (unpaired) electrons. The summed E-state index contributed by atoms with van der Waals surface area (Å²) in [5, 5.41) is 17.8. The molecular weight excluding hydrogens is 292 g/mol. The van der Waals surface area contributed by atoms with E-state index in [4.69, 9.17) is 0 Å². The van der Waals surface area contributed by atoms with E-state index in [9.17, 15) is 9.90 Å². The number of piperidine rings is 1. The molecule has 0 spiro atoms. The molecule has 1 aliphatic carbocycles. The van der Waals surface area contributed by atoms with Gasteiger partial charge >= 0.3 is 0 Å². The Morgan fingerprint density at radius 3 is 2.65 bits per heavy atom. The molecule has 6 nitrogen and oxygen atoms in total. The zero-order chi connectivity index (χ0) is 16.3. The number of amides is 1. The first kappa shape index (κ1) is 16.5. The molecule has 2 fully saturated rings. The van der Waals surface area contributed by atoms with Crippen LogP contribution in [0.4, 0.5) is 0 Å². The van der Waals surface area contributed by atoms with Crippen LogP contribution in [0.15, 0.2) is 12.4 Å². The molecule has 2 aliphatic rings. The third-order valence-electron chi connectivity index (χ3n) is 5.19. The summed E-state index contributed by atoms with van der Waals surface area (Å²) in [6.45, 7) is 2.68. The summed E-state index contributed by atoms with van der Waals surface area (Å²) in [6, 6.07) is 0.222. The number of carbonyl (C=O) groups excluding carboxylic acids is 1. The van der Waals surface area contributed by atoms with Gasteiger partial charge in [-0.05, 0) is 25.7 Å². The van der Waals surface area contributed by atoms with Crippen LogP contribution in [0, 0.1) is 0 Å². The standard InChI is InChI=1S/C17H28N4O2/c1-20-12-14(11-18-20)16(22)19-15-5-9-21(10-6-15)13-17(23)7-3-2-4-8-17/h11-12,15,23H,2-10,13H2,1H3,(H,19,22). The smallest absolute Gasteiger partial charge is 0.254 e. The number of β-amino-alcohol motifs (C(OH)–C–C–N with tert-alkyl or cyclic N) is 1. The van der Waals surface area contributed by atoms with E-state index in [0.717, 1.165) is 58.2 Å². The van der Waals surface area contributed by atoms with Gasteiger partial charge in [0.2, 0.25) is 0 Å². The topological polar surface area (TPSA) is 70.4 Å². The maximum atomic E-state index is 12.2. The molecule has 3 rings (SSSR count). The molecule has 1 saturated carbocycles. The van der Waals surface area contributed by atoms with Gasteiger partial charge in [0, 0.05) is 38.9 Å². The molecule has 1 aliphatic heterocycles. The number of hydrogen-bond acceptors (Lipinski definition) is 4. The minimum atomic E-state index is -0.482. The molecule has 1 aromatic rings. The van der Waals surface area contributed by atoms with E-state index < -0.39 is 5.60 Å². The van der Waals surface area contributed by atoms with E-state index in [2.05, 4.69) is 15.3 Å². The number of aliphatic hydroxyl groups is 1. The lowest BCUT2D eigenvalue weighted by atomic mass is 9.84. The highest BCUT2D eigenvalue weighted by Crippen LogP contribution is 2.29. The molecule has 2 N–H and O–H groups in total. The zero-order valence-corrected chi connectivity index (χ0v) is 14.0. The van der Waals surface area contributed by atoms with Crippen LogP contribution >= 0.6 is 0 Å². The number of nitrogens with zero attached hydrogens (tertiary/aromatic N) is 3. The third kappa shape index (κ3) is 4.32. The Labute approximate surface area is 137 Å². The molecule has 2 heterocycles. The Hall–Kier alpha value is -1.40. The van der Waals surface area contributed by atoms with E-state index in [-0.39, 0.29) is 11.9 Å². The fourth-order valence-electron chi connectivity index (χ4n) is 3.83. The molecule has 128 valence electrons. The van der Waals surface area contributed by atoms with Gasteiger partial charge in [0.05, 0.1) is 17.4 Å². The molecule has 1 aromatic heterocycles. The van der Waals surface area contributed by atoms with Crippen LogP contribution in [0.1, 0.15) is 55.3 Å². The number of nitrogens with one attached hydrogen (secondary N) is 1. The predicted octanol–water partition coefficient (Wildman–Crippen LogP) is 1.31. The number of rotatable bonds is 4. The molecule has 6 heteroatoms. The van der Waals surface area contributed by atoms with E-state index in [0.29, 0.717) is 5.56 Å². The maximum Gasteiger partial charge on any atom is 0.254 e. The van der Waals surface area contributed by atoms with Crippen molar-refractivity contribution in [2.45, 2.75) is 56.6 Å². The number of carbonyl (C=O) groups is 1. The van der Waals surface area contributed by atoms with Gasteiger partial charge in [0.1, 0.15) is 0 Å². The Bertz CT molecular complexity index is 528. The van der Waals surface area contributed by atoms with Crippen molar-refractivity contribution >= 4 is 5.91 Å². The quantitative estimate of drug-likeness (QED) is 0.877. The summed E-state index contributed by atoms with van der Waals surface area (Å²) in [4.78, 5) is 14.5. The fourth-order valence-corrected chi connectivity index (χ4v) is 3.83. The normalized spacial score (nSPS) is 22.9. The molecule has 0 bridgehead atoms. The maximum absolute atomic E-state index is 12.2. The van der Waals surface area contributed by atoms with Crippen molar-refractivity contribution in [1.29, 1.82) is 0 Å². The molecular formula is C17H28N4O2. The molecule has 1 saturated heterocycles. The van der Waals surface area contributed by atoms with Crippen molar-refractivity contribution in [2.24, 2.45) is 7.05 Å². The van der Waals surface area contributed by atoms with Gasteiger partial charge in [-0.1, -0.05) is 19.3 Å². The van der Waals surface area contributed by atoms with Crippen LogP contribution in [0.3, 0.4) is 0 Å². The summed E-state index contributed by atoms with van der Waals surface area (Å²) in [6.07, 6.45) is 10.7. The SMILES string of the molecule is Cn1cc(C(=O)NC2CCN(CC3(O)CCCCC3)CC2)cn1. The van der Waals surface area contributed by atoms with E-state index >= 15 is 0 Å². The first-order valence-corrected chi connectivity index (χ1v) is 8.78. The Kier molecular flexibility index (Phi) is 5.02. The van der Waals surface area contributed by atoms with Gasteiger partial charge in [-0.3, -0.25) is 9.48 Å². The van der Waals surface area contributed by atoms with Crippen LogP contribution in [0.2, 0.25) is 0 Å². The second-order valence-corrected chi connectivity index (χ2v) is 7.21. The first-order chi connectivity index (χ1) is 11.0. The van der Waals surface area contributed by atoms with E-state index in [1.54, 1.807) is 17.1 Å². The summed E-state index contributed by atoms with van der Waals surface area (Å²) >= 11 is 0. The second kappa shape index (κ2) is 7.01. The number of aromatic nitrogens is 2.